The van der Waals surface area contributed by atoms with Crippen molar-refractivity contribution in [3.8, 4) is 0 Å². The van der Waals surface area contributed by atoms with Crippen LogP contribution in [0.1, 0.15) is 56.2 Å². The number of aryl methyl sites for hydroxylation is 2. The Kier molecular flexibility index (Phi) is 9.14. The number of amides is 1. The Balaban J connectivity index is 2.45. The van der Waals surface area contributed by atoms with E-state index in [1.807, 2.05) is 32.9 Å². The summed E-state index contributed by atoms with van der Waals surface area (Å²) in [4.78, 5) is 13.2. The van der Waals surface area contributed by atoms with E-state index in [-0.39, 0.29) is 19.5 Å². The van der Waals surface area contributed by atoms with Crippen LogP contribution in [0.4, 0.5) is 0 Å². The van der Waals surface area contributed by atoms with Gasteiger partial charge >= 0.3 is 0 Å². The average molecular weight is 406 g/mol. The molecule has 1 amide bonds. The minimum Gasteiger partial charge on any atom is -0.468 e. The molecule has 6 nitrogen and oxygen atoms in total. The summed E-state index contributed by atoms with van der Waals surface area (Å²) in [6.45, 7) is 9.48. The molecule has 0 aliphatic carbocycles. The lowest BCUT2D eigenvalue weighted by atomic mass is 9.86. The molecule has 1 aliphatic heterocycles. The number of hydrogen-bond donors (Lipinski definition) is 1. The van der Waals surface area contributed by atoms with Crippen LogP contribution in [0.2, 0.25) is 0 Å². The number of carbonyl (C=O) groups is 1. The summed E-state index contributed by atoms with van der Waals surface area (Å²) in [6, 6.07) is 6.14. The maximum Gasteiger partial charge on any atom is 0.256 e. The summed E-state index contributed by atoms with van der Waals surface area (Å²) in [7, 11) is 1.69. The zero-order valence-electron chi connectivity index (χ0n) is 18.4. The summed E-state index contributed by atoms with van der Waals surface area (Å²) in [5.74, 6) is 0.579. The van der Waals surface area contributed by atoms with Gasteiger partial charge in [0.2, 0.25) is 0 Å². The van der Waals surface area contributed by atoms with Crippen molar-refractivity contribution in [1.82, 2.24) is 5.32 Å². The van der Waals surface area contributed by atoms with Crippen molar-refractivity contribution in [3.05, 3.63) is 40.6 Å². The molecular formula is C23H35NO5. The summed E-state index contributed by atoms with van der Waals surface area (Å²) in [5, 5.41) is 3.24. The number of carbonyl (C=O) groups excluding carboxylic acids is 1. The minimum absolute atomic E-state index is 0.0361. The second-order valence-corrected chi connectivity index (χ2v) is 7.48. The molecule has 1 atom stereocenters. The van der Waals surface area contributed by atoms with Crippen LogP contribution < -0.4 is 5.32 Å². The molecule has 0 saturated carbocycles. The van der Waals surface area contributed by atoms with E-state index in [1.54, 1.807) is 7.11 Å². The van der Waals surface area contributed by atoms with Crippen molar-refractivity contribution in [2.24, 2.45) is 0 Å². The molecule has 162 valence electrons. The van der Waals surface area contributed by atoms with Gasteiger partial charge in [0, 0.05) is 20.3 Å². The predicted octanol–water partition coefficient (Wildman–Crippen LogP) is 4.09. The first-order chi connectivity index (χ1) is 14.0. The summed E-state index contributed by atoms with van der Waals surface area (Å²) in [6.07, 6.45) is 3.27. The van der Waals surface area contributed by atoms with Crippen molar-refractivity contribution in [1.29, 1.82) is 0 Å². The highest BCUT2D eigenvalue weighted by molar-refractivity contribution is 6.23. The van der Waals surface area contributed by atoms with Crippen LogP contribution in [0.15, 0.2) is 24.0 Å². The predicted molar refractivity (Wildman–Crippen MR) is 113 cm³/mol. The fourth-order valence-corrected chi connectivity index (χ4v) is 3.84. The summed E-state index contributed by atoms with van der Waals surface area (Å²) < 4.78 is 22.1. The van der Waals surface area contributed by atoms with Crippen LogP contribution in [0.3, 0.4) is 0 Å². The van der Waals surface area contributed by atoms with Crippen LogP contribution in [0.25, 0.3) is 5.57 Å². The Labute approximate surface area is 174 Å². The first-order valence-electron chi connectivity index (χ1n) is 10.4. The van der Waals surface area contributed by atoms with Crippen LogP contribution in [0, 0.1) is 13.8 Å². The number of ether oxygens (including phenoxy) is 4. The van der Waals surface area contributed by atoms with E-state index in [1.165, 1.54) is 0 Å². The Bertz CT molecular complexity index is 715. The molecule has 0 aromatic heterocycles. The van der Waals surface area contributed by atoms with Gasteiger partial charge in [0.1, 0.15) is 5.76 Å². The molecular weight excluding hydrogens is 370 g/mol. The molecule has 1 aromatic rings. The lowest BCUT2D eigenvalue weighted by Crippen LogP contribution is -2.45. The van der Waals surface area contributed by atoms with E-state index in [9.17, 15) is 4.79 Å². The molecule has 0 fully saturated rings. The molecule has 29 heavy (non-hydrogen) atoms. The molecule has 1 aromatic carbocycles. The third-order valence-corrected chi connectivity index (χ3v) is 5.19. The van der Waals surface area contributed by atoms with E-state index in [0.29, 0.717) is 24.5 Å². The van der Waals surface area contributed by atoms with Gasteiger partial charge in [-0.15, -0.1) is 0 Å². The highest BCUT2D eigenvalue weighted by Gasteiger charge is 2.46. The summed E-state index contributed by atoms with van der Waals surface area (Å²) >= 11 is 0. The van der Waals surface area contributed by atoms with Gasteiger partial charge in [0.25, 0.3) is 5.91 Å². The van der Waals surface area contributed by atoms with Crippen molar-refractivity contribution in [2.45, 2.75) is 58.9 Å². The summed E-state index contributed by atoms with van der Waals surface area (Å²) in [5.41, 5.74) is 3.11. The Morgan fingerprint density at radius 3 is 2.55 bits per heavy atom. The standard InChI is InChI=1S/C23H35NO5/c1-6-11-23(12-8-13-26-5)21(29-16-28-15-27-7-2)20(22(25)24-23)19-14-17(3)9-10-18(19)4/h9-10,14H,6-8,11-13,15-16H2,1-5H3,(H,24,25). The number of methoxy groups -OCH3 is 1. The fourth-order valence-electron chi connectivity index (χ4n) is 3.84. The highest BCUT2D eigenvalue weighted by Crippen LogP contribution is 2.41. The van der Waals surface area contributed by atoms with E-state index in [0.717, 1.165) is 42.4 Å². The normalized spacial score (nSPS) is 19.0. The molecule has 1 aliphatic rings. The molecule has 0 saturated heterocycles. The van der Waals surface area contributed by atoms with Crippen molar-refractivity contribution >= 4 is 11.5 Å². The Hall–Kier alpha value is -1.89. The van der Waals surface area contributed by atoms with Gasteiger partial charge in [0.05, 0.1) is 11.1 Å². The van der Waals surface area contributed by atoms with Crippen LogP contribution in [-0.4, -0.2) is 45.4 Å². The van der Waals surface area contributed by atoms with E-state index >= 15 is 0 Å². The second kappa shape index (κ2) is 11.3. The van der Waals surface area contributed by atoms with Gasteiger partial charge in [-0.05, 0) is 51.2 Å². The largest absolute Gasteiger partial charge is 0.468 e. The molecule has 0 radical (unpaired) electrons. The Morgan fingerprint density at radius 1 is 1.07 bits per heavy atom. The van der Waals surface area contributed by atoms with Gasteiger partial charge < -0.3 is 24.3 Å². The molecule has 2 rings (SSSR count). The van der Waals surface area contributed by atoms with Gasteiger partial charge in [-0.2, -0.15) is 0 Å². The highest BCUT2D eigenvalue weighted by atomic mass is 16.7. The van der Waals surface area contributed by atoms with E-state index < -0.39 is 5.54 Å². The second-order valence-electron chi connectivity index (χ2n) is 7.48. The zero-order chi connectivity index (χ0) is 21.3. The monoisotopic (exact) mass is 405 g/mol. The van der Waals surface area contributed by atoms with Gasteiger partial charge in [0.15, 0.2) is 13.6 Å². The zero-order valence-corrected chi connectivity index (χ0v) is 18.4. The number of nitrogens with one attached hydrogen (secondary N) is 1. The first kappa shape index (κ1) is 23.4. The van der Waals surface area contributed by atoms with Crippen LogP contribution >= 0.6 is 0 Å². The van der Waals surface area contributed by atoms with Gasteiger partial charge in [-0.1, -0.05) is 37.1 Å². The van der Waals surface area contributed by atoms with Crippen LogP contribution in [0.5, 0.6) is 0 Å². The molecule has 0 bridgehead atoms. The van der Waals surface area contributed by atoms with Crippen molar-refractivity contribution in [2.75, 3.05) is 33.9 Å². The molecule has 1 unspecified atom stereocenters. The Morgan fingerprint density at radius 2 is 1.86 bits per heavy atom. The fraction of sp³-hybridized carbons (Fsp3) is 0.609. The van der Waals surface area contributed by atoms with Crippen molar-refractivity contribution in [3.63, 3.8) is 0 Å². The minimum atomic E-state index is -0.551. The first-order valence-corrected chi connectivity index (χ1v) is 10.4. The topological polar surface area (TPSA) is 66.0 Å². The maximum absolute atomic E-state index is 13.2. The van der Waals surface area contributed by atoms with Crippen molar-refractivity contribution < 1.29 is 23.7 Å². The molecule has 1 heterocycles. The van der Waals surface area contributed by atoms with Crippen LogP contribution in [-0.2, 0) is 23.7 Å². The third kappa shape index (κ3) is 5.81. The molecule has 0 spiro atoms. The number of hydrogen-bond acceptors (Lipinski definition) is 5. The SMILES string of the molecule is CCCC1(CCCOC)NC(=O)C(c2cc(C)ccc2C)=C1OCOCOCC. The quantitative estimate of drug-likeness (QED) is 0.395. The lowest BCUT2D eigenvalue weighted by Gasteiger charge is -2.32. The van der Waals surface area contributed by atoms with E-state index in [4.69, 9.17) is 18.9 Å². The lowest BCUT2D eigenvalue weighted by molar-refractivity contribution is -0.120. The van der Waals surface area contributed by atoms with Gasteiger partial charge in [-0.25, -0.2) is 0 Å². The van der Waals surface area contributed by atoms with E-state index in [2.05, 4.69) is 18.3 Å². The average Bonchev–Trinajstić information content (AvgIpc) is 2.95. The number of benzene rings is 1. The maximum atomic E-state index is 13.2. The smallest absolute Gasteiger partial charge is 0.256 e. The third-order valence-electron chi connectivity index (χ3n) is 5.19. The number of rotatable bonds is 13. The molecule has 6 heteroatoms. The van der Waals surface area contributed by atoms with Gasteiger partial charge in [-0.3, -0.25) is 4.79 Å². The molecule has 1 N–H and O–H groups in total.